The summed E-state index contributed by atoms with van der Waals surface area (Å²) in [7, 11) is -3.88. The molecule has 0 radical (unpaired) electrons. The summed E-state index contributed by atoms with van der Waals surface area (Å²) in [5.41, 5.74) is 3.48. The van der Waals surface area contributed by atoms with Crippen LogP contribution in [0.5, 0.6) is 0 Å². The number of nitrogens with zero attached hydrogens (tertiary/aromatic N) is 2. The molecule has 8 heteroatoms. The molecule has 1 heterocycles. The second-order valence-corrected chi connectivity index (χ2v) is 8.79. The molecule has 0 aliphatic heterocycles. The van der Waals surface area contributed by atoms with E-state index in [9.17, 15) is 8.42 Å². The Bertz CT molecular complexity index is 1090. The standard InChI is InChI=1S/C19H19Cl2N3O2S/c1-12-9-18(17(21)10-16(12)20)27(25,26)23-19-13(2)22-24(14(19)3)11-15-7-5-4-6-8-15/h4-10,23H,11H2,1-3H3. The number of aromatic nitrogens is 2. The highest BCUT2D eigenvalue weighted by Crippen LogP contribution is 2.31. The van der Waals surface area contributed by atoms with Gasteiger partial charge in [-0.3, -0.25) is 9.40 Å². The molecule has 5 nitrogen and oxygen atoms in total. The summed E-state index contributed by atoms with van der Waals surface area (Å²) in [4.78, 5) is -0.0133. The SMILES string of the molecule is Cc1cc(S(=O)(=O)Nc2c(C)nn(Cc3ccccc3)c2C)c(Cl)cc1Cl. The first-order chi connectivity index (χ1) is 12.7. The van der Waals surface area contributed by atoms with Gasteiger partial charge in [-0.1, -0.05) is 53.5 Å². The molecule has 0 bridgehead atoms. The number of hydrogen-bond donors (Lipinski definition) is 1. The van der Waals surface area contributed by atoms with Crippen molar-refractivity contribution in [2.75, 3.05) is 4.72 Å². The molecule has 0 amide bonds. The third-order valence-corrected chi connectivity index (χ3v) is 6.52. The van der Waals surface area contributed by atoms with Crippen molar-refractivity contribution in [3.8, 4) is 0 Å². The van der Waals surface area contributed by atoms with Crippen molar-refractivity contribution in [3.05, 3.63) is 75.0 Å². The van der Waals surface area contributed by atoms with Crippen LogP contribution in [0, 0.1) is 20.8 Å². The fourth-order valence-corrected chi connectivity index (χ4v) is 4.79. The van der Waals surface area contributed by atoms with Crippen LogP contribution < -0.4 is 4.72 Å². The number of nitrogens with one attached hydrogen (secondary N) is 1. The zero-order chi connectivity index (χ0) is 19.8. The first kappa shape index (κ1) is 19.7. The molecule has 0 atom stereocenters. The highest BCUT2D eigenvalue weighted by atomic mass is 35.5. The second-order valence-electron chi connectivity index (χ2n) is 6.33. The maximum Gasteiger partial charge on any atom is 0.263 e. The number of benzene rings is 2. The summed E-state index contributed by atoms with van der Waals surface area (Å²) in [5.74, 6) is 0. The molecule has 3 rings (SSSR count). The Labute approximate surface area is 169 Å². The van der Waals surface area contributed by atoms with Gasteiger partial charge in [0.1, 0.15) is 4.90 Å². The van der Waals surface area contributed by atoms with Gasteiger partial charge >= 0.3 is 0 Å². The van der Waals surface area contributed by atoms with Crippen LogP contribution in [0.2, 0.25) is 10.0 Å². The monoisotopic (exact) mass is 423 g/mol. The van der Waals surface area contributed by atoms with Crippen molar-refractivity contribution >= 4 is 38.9 Å². The highest BCUT2D eigenvalue weighted by Gasteiger charge is 2.23. The van der Waals surface area contributed by atoms with Crippen molar-refractivity contribution in [2.45, 2.75) is 32.2 Å². The van der Waals surface area contributed by atoms with Gasteiger partial charge in [-0.2, -0.15) is 5.10 Å². The van der Waals surface area contributed by atoms with Gasteiger partial charge in [-0.05, 0) is 44.0 Å². The van der Waals surface area contributed by atoms with Crippen LogP contribution in [0.25, 0.3) is 0 Å². The van der Waals surface area contributed by atoms with Crippen LogP contribution in [0.4, 0.5) is 5.69 Å². The van der Waals surface area contributed by atoms with E-state index < -0.39 is 10.0 Å². The Morgan fingerprint density at radius 2 is 1.70 bits per heavy atom. The third-order valence-electron chi connectivity index (χ3n) is 4.30. The van der Waals surface area contributed by atoms with E-state index in [2.05, 4.69) is 9.82 Å². The molecule has 0 saturated carbocycles. The van der Waals surface area contributed by atoms with Gasteiger partial charge in [0.25, 0.3) is 10.0 Å². The minimum Gasteiger partial charge on any atom is -0.276 e. The lowest BCUT2D eigenvalue weighted by molar-refractivity contribution is 0.601. The average molecular weight is 424 g/mol. The van der Waals surface area contributed by atoms with E-state index in [-0.39, 0.29) is 9.92 Å². The van der Waals surface area contributed by atoms with E-state index in [0.29, 0.717) is 28.5 Å². The van der Waals surface area contributed by atoms with Gasteiger partial charge in [-0.25, -0.2) is 8.42 Å². The van der Waals surface area contributed by atoms with E-state index >= 15 is 0 Å². The fourth-order valence-electron chi connectivity index (χ4n) is 2.78. The predicted octanol–water partition coefficient (Wildman–Crippen LogP) is 4.96. The van der Waals surface area contributed by atoms with Crippen molar-refractivity contribution in [2.24, 2.45) is 0 Å². The van der Waals surface area contributed by atoms with E-state index in [0.717, 1.165) is 11.3 Å². The van der Waals surface area contributed by atoms with Gasteiger partial charge in [0.2, 0.25) is 0 Å². The van der Waals surface area contributed by atoms with Crippen LogP contribution in [-0.2, 0) is 16.6 Å². The lowest BCUT2D eigenvalue weighted by Gasteiger charge is -2.12. The minimum atomic E-state index is -3.88. The molecule has 142 valence electrons. The largest absolute Gasteiger partial charge is 0.276 e. The first-order valence-electron chi connectivity index (χ1n) is 8.25. The first-order valence-corrected chi connectivity index (χ1v) is 10.5. The molecule has 27 heavy (non-hydrogen) atoms. The van der Waals surface area contributed by atoms with Crippen molar-refractivity contribution < 1.29 is 8.42 Å². The van der Waals surface area contributed by atoms with Gasteiger partial charge in [-0.15, -0.1) is 0 Å². The molecule has 0 aliphatic rings. The molecule has 2 aromatic carbocycles. The smallest absolute Gasteiger partial charge is 0.263 e. The summed E-state index contributed by atoms with van der Waals surface area (Å²) in [6.45, 7) is 5.87. The third kappa shape index (κ3) is 4.13. The molecule has 3 aromatic rings. The summed E-state index contributed by atoms with van der Waals surface area (Å²) in [5, 5.41) is 4.97. The molecule has 1 aromatic heterocycles. The molecule has 0 unspecified atom stereocenters. The van der Waals surface area contributed by atoms with Gasteiger partial charge in [0.05, 0.1) is 28.6 Å². The van der Waals surface area contributed by atoms with E-state index in [4.69, 9.17) is 23.2 Å². The number of anilines is 1. The summed E-state index contributed by atoms with van der Waals surface area (Å²) in [6.07, 6.45) is 0. The zero-order valence-corrected chi connectivity index (χ0v) is 17.5. The molecule has 0 aliphatic carbocycles. The maximum atomic E-state index is 12.9. The van der Waals surface area contributed by atoms with Crippen LogP contribution >= 0.6 is 23.2 Å². The molecule has 0 spiro atoms. The van der Waals surface area contributed by atoms with E-state index in [1.807, 2.05) is 37.3 Å². The maximum absolute atomic E-state index is 12.9. The highest BCUT2D eigenvalue weighted by molar-refractivity contribution is 7.92. The Morgan fingerprint density at radius 3 is 2.37 bits per heavy atom. The fraction of sp³-hybridized carbons (Fsp3) is 0.211. The Kier molecular flexibility index (Phi) is 5.51. The Hall–Kier alpha value is -2.02. The number of hydrogen-bond acceptors (Lipinski definition) is 3. The average Bonchev–Trinajstić information content (AvgIpc) is 2.86. The summed E-state index contributed by atoms with van der Waals surface area (Å²) in [6, 6.07) is 12.7. The van der Waals surface area contributed by atoms with Gasteiger partial charge < -0.3 is 0 Å². The van der Waals surface area contributed by atoms with Crippen molar-refractivity contribution in [3.63, 3.8) is 0 Å². The quantitative estimate of drug-likeness (QED) is 0.630. The molecule has 0 fully saturated rings. The number of aryl methyl sites for hydroxylation is 2. The number of halogens is 2. The van der Waals surface area contributed by atoms with Gasteiger partial charge in [0, 0.05) is 5.02 Å². The summed E-state index contributed by atoms with van der Waals surface area (Å²) >= 11 is 12.1. The Morgan fingerprint density at radius 1 is 1.04 bits per heavy atom. The van der Waals surface area contributed by atoms with Gasteiger partial charge in [0.15, 0.2) is 0 Å². The lowest BCUT2D eigenvalue weighted by atomic mass is 10.2. The van der Waals surface area contributed by atoms with Crippen molar-refractivity contribution in [1.82, 2.24) is 9.78 Å². The Balaban J connectivity index is 1.95. The van der Waals surface area contributed by atoms with E-state index in [1.54, 1.807) is 18.5 Å². The lowest BCUT2D eigenvalue weighted by Crippen LogP contribution is -2.15. The van der Waals surface area contributed by atoms with Crippen LogP contribution in [-0.4, -0.2) is 18.2 Å². The number of rotatable bonds is 5. The second kappa shape index (κ2) is 7.54. The topological polar surface area (TPSA) is 64.0 Å². The number of sulfonamides is 1. The minimum absolute atomic E-state index is 0.0133. The van der Waals surface area contributed by atoms with Crippen LogP contribution in [0.15, 0.2) is 47.4 Å². The van der Waals surface area contributed by atoms with Crippen molar-refractivity contribution in [1.29, 1.82) is 0 Å². The zero-order valence-electron chi connectivity index (χ0n) is 15.1. The van der Waals surface area contributed by atoms with Crippen LogP contribution in [0.3, 0.4) is 0 Å². The summed E-state index contributed by atoms with van der Waals surface area (Å²) < 4.78 is 30.2. The molecule has 1 N–H and O–H groups in total. The predicted molar refractivity (Wildman–Crippen MR) is 109 cm³/mol. The van der Waals surface area contributed by atoms with E-state index in [1.165, 1.54) is 12.1 Å². The molecular formula is C19H19Cl2N3O2S. The molecule has 0 saturated heterocycles. The molecular weight excluding hydrogens is 405 g/mol. The van der Waals surface area contributed by atoms with Crippen LogP contribution in [0.1, 0.15) is 22.5 Å². The normalized spacial score (nSPS) is 11.6.